The van der Waals surface area contributed by atoms with E-state index in [4.69, 9.17) is 9.47 Å². The number of ether oxygens (including phenoxy) is 2. The van der Waals surface area contributed by atoms with Crippen molar-refractivity contribution in [2.24, 2.45) is 5.92 Å². The van der Waals surface area contributed by atoms with Gasteiger partial charge in [0.2, 0.25) is 10.0 Å². The normalized spacial score (nSPS) is 14.8. The molecule has 2 aromatic carbocycles. The van der Waals surface area contributed by atoms with E-state index >= 15 is 0 Å². The average molecular weight is 461 g/mol. The first-order chi connectivity index (χ1) is 15.3. The number of nitrogens with zero attached hydrogens (tertiary/aromatic N) is 1. The Balaban J connectivity index is 1.79. The molecular weight excluding hydrogens is 428 g/mol. The Hall–Kier alpha value is -2.58. The molecule has 0 saturated carbocycles. The second kappa shape index (κ2) is 10.4. The van der Waals surface area contributed by atoms with E-state index in [1.807, 2.05) is 32.0 Å². The lowest BCUT2D eigenvalue weighted by Gasteiger charge is -2.24. The Morgan fingerprint density at radius 3 is 2.22 bits per heavy atom. The predicted molar refractivity (Wildman–Crippen MR) is 124 cm³/mol. The number of sulfonamides is 1. The van der Waals surface area contributed by atoms with Crippen LogP contribution in [-0.4, -0.2) is 44.9 Å². The van der Waals surface area contributed by atoms with Crippen molar-refractivity contribution in [3.05, 3.63) is 53.6 Å². The lowest BCUT2D eigenvalue weighted by Crippen LogP contribution is -2.32. The number of rotatable bonds is 8. The summed E-state index contributed by atoms with van der Waals surface area (Å²) in [6, 6.07) is 11.6. The lowest BCUT2D eigenvalue weighted by atomic mass is 9.95. The number of carbonyl (C=O) groups is 1. The number of hydrogen-bond donors (Lipinski definition) is 1. The monoisotopic (exact) mass is 460 g/mol. The zero-order valence-electron chi connectivity index (χ0n) is 19.1. The van der Waals surface area contributed by atoms with Crippen molar-refractivity contribution in [3.8, 4) is 11.5 Å². The van der Waals surface area contributed by atoms with E-state index in [1.54, 1.807) is 26.0 Å². The van der Waals surface area contributed by atoms with Crippen LogP contribution in [-0.2, 0) is 10.0 Å². The smallest absolute Gasteiger partial charge is 0.251 e. The zero-order chi connectivity index (χ0) is 23.3. The Bertz CT molecular complexity index is 1030. The highest BCUT2D eigenvalue weighted by molar-refractivity contribution is 7.89. The third-order valence-corrected chi connectivity index (χ3v) is 7.61. The molecule has 1 aliphatic heterocycles. The van der Waals surface area contributed by atoms with Crippen molar-refractivity contribution in [2.45, 2.75) is 45.1 Å². The van der Waals surface area contributed by atoms with Gasteiger partial charge in [0, 0.05) is 25.1 Å². The summed E-state index contributed by atoms with van der Waals surface area (Å²) in [7, 11) is -3.56. The summed E-state index contributed by atoms with van der Waals surface area (Å²) in [6.45, 7) is 9.68. The van der Waals surface area contributed by atoms with Crippen LogP contribution in [0.15, 0.2) is 47.4 Å². The zero-order valence-corrected chi connectivity index (χ0v) is 19.9. The first-order valence-corrected chi connectivity index (χ1v) is 12.5. The number of carbonyl (C=O) groups excluding carboxylic acids is 1. The highest BCUT2D eigenvalue weighted by Gasteiger charge is 2.24. The number of benzene rings is 2. The minimum absolute atomic E-state index is 0.131. The maximum Gasteiger partial charge on any atom is 0.251 e. The first kappa shape index (κ1) is 24.1. The van der Waals surface area contributed by atoms with Crippen molar-refractivity contribution < 1.29 is 22.7 Å². The molecule has 0 spiro atoms. The molecule has 0 fully saturated rings. The van der Waals surface area contributed by atoms with Crippen molar-refractivity contribution in [1.82, 2.24) is 9.62 Å². The van der Waals surface area contributed by atoms with Crippen LogP contribution < -0.4 is 14.8 Å². The minimum Gasteiger partial charge on any atom is -0.490 e. The molecule has 2 aromatic rings. The van der Waals surface area contributed by atoms with Crippen molar-refractivity contribution in [3.63, 3.8) is 0 Å². The van der Waals surface area contributed by atoms with Gasteiger partial charge in [0.05, 0.1) is 24.2 Å². The molecule has 0 bridgehead atoms. The van der Waals surface area contributed by atoms with Gasteiger partial charge in [-0.1, -0.05) is 33.8 Å². The fourth-order valence-electron chi connectivity index (χ4n) is 3.72. The number of amides is 1. The summed E-state index contributed by atoms with van der Waals surface area (Å²) in [5.41, 5.74) is 1.34. The molecule has 174 valence electrons. The van der Waals surface area contributed by atoms with E-state index in [1.165, 1.54) is 16.4 Å². The van der Waals surface area contributed by atoms with E-state index in [9.17, 15) is 13.2 Å². The second-order valence-corrected chi connectivity index (χ2v) is 10.0. The van der Waals surface area contributed by atoms with Crippen LogP contribution in [0.3, 0.4) is 0 Å². The molecule has 32 heavy (non-hydrogen) atoms. The Morgan fingerprint density at radius 1 is 1.00 bits per heavy atom. The van der Waals surface area contributed by atoms with Gasteiger partial charge in [-0.3, -0.25) is 4.79 Å². The fraction of sp³-hybridized carbons (Fsp3) is 0.458. The number of nitrogens with one attached hydrogen (secondary N) is 1. The van der Waals surface area contributed by atoms with Gasteiger partial charge in [0.25, 0.3) is 5.91 Å². The molecule has 0 saturated heterocycles. The van der Waals surface area contributed by atoms with Crippen molar-refractivity contribution in [2.75, 3.05) is 26.3 Å². The van der Waals surface area contributed by atoms with Gasteiger partial charge < -0.3 is 14.8 Å². The van der Waals surface area contributed by atoms with Crippen LogP contribution in [0.1, 0.15) is 56.1 Å². The predicted octanol–water partition coefficient (Wildman–Crippen LogP) is 4.01. The summed E-state index contributed by atoms with van der Waals surface area (Å²) in [5.74, 6) is 1.27. The van der Waals surface area contributed by atoms with Gasteiger partial charge in [-0.25, -0.2) is 8.42 Å². The third kappa shape index (κ3) is 5.24. The molecule has 0 aromatic heterocycles. The molecule has 0 aliphatic carbocycles. The maximum atomic E-state index is 13.0. The molecule has 1 unspecified atom stereocenters. The summed E-state index contributed by atoms with van der Waals surface area (Å²) in [5, 5.41) is 3.08. The molecule has 8 heteroatoms. The average Bonchev–Trinajstić information content (AvgIpc) is 3.02. The van der Waals surface area contributed by atoms with Gasteiger partial charge >= 0.3 is 0 Å². The highest BCUT2D eigenvalue weighted by atomic mass is 32.2. The molecular formula is C24H32N2O5S. The molecule has 7 nitrogen and oxygen atoms in total. The highest BCUT2D eigenvalue weighted by Crippen LogP contribution is 2.34. The Labute approximate surface area is 190 Å². The SMILES string of the molecule is CCN(CC)S(=O)(=O)c1ccc(C(=O)NC(c2ccc3c(c2)OCCCO3)C(C)C)cc1. The summed E-state index contributed by atoms with van der Waals surface area (Å²) >= 11 is 0. The van der Waals surface area contributed by atoms with Gasteiger partial charge in [-0.05, 0) is 47.9 Å². The van der Waals surface area contributed by atoms with Gasteiger partial charge in [-0.2, -0.15) is 4.31 Å². The standard InChI is InChI=1S/C24H32N2O5S/c1-5-26(6-2)32(28,29)20-11-8-18(9-12-20)24(27)25-23(17(3)4)19-10-13-21-22(16-19)31-15-7-14-30-21/h8-13,16-17,23H,5-7,14-15H2,1-4H3,(H,25,27). The number of hydrogen-bond acceptors (Lipinski definition) is 5. The topological polar surface area (TPSA) is 84.9 Å². The number of fused-ring (bicyclic) bond motifs is 1. The maximum absolute atomic E-state index is 13.0. The quantitative estimate of drug-likeness (QED) is 0.644. The van der Waals surface area contributed by atoms with Crippen molar-refractivity contribution in [1.29, 1.82) is 0 Å². The van der Waals surface area contributed by atoms with Crippen LogP contribution in [0, 0.1) is 5.92 Å². The largest absolute Gasteiger partial charge is 0.490 e. The van der Waals surface area contributed by atoms with Crippen LogP contribution in [0.2, 0.25) is 0 Å². The summed E-state index contributed by atoms with van der Waals surface area (Å²) in [4.78, 5) is 13.1. The molecule has 1 N–H and O–H groups in total. The van der Waals surface area contributed by atoms with Crippen molar-refractivity contribution >= 4 is 15.9 Å². The Kier molecular flexibility index (Phi) is 7.79. The van der Waals surface area contributed by atoms with Gasteiger partial charge in [0.1, 0.15) is 0 Å². The second-order valence-electron chi connectivity index (χ2n) is 8.07. The van der Waals surface area contributed by atoms with Crippen LogP contribution in [0.25, 0.3) is 0 Å². The van der Waals surface area contributed by atoms with E-state index in [0.29, 0.717) is 43.4 Å². The van der Waals surface area contributed by atoms with E-state index in [-0.39, 0.29) is 22.8 Å². The summed E-state index contributed by atoms with van der Waals surface area (Å²) < 4.78 is 38.2. The first-order valence-electron chi connectivity index (χ1n) is 11.1. The third-order valence-electron chi connectivity index (χ3n) is 5.54. The summed E-state index contributed by atoms with van der Waals surface area (Å²) in [6.07, 6.45) is 0.828. The molecule has 3 rings (SSSR count). The van der Waals surface area contributed by atoms with Gasteiger partial charge in [-0.15, -0.1) is 0 Å². The molecule has 0 radical (unpaired) electrons. The van der Waals surface area contributed by atoms with Crippen LogP contribution in [0.4, 0.5) is 0 Å². The Morgan fingerprint density at radius 2 is 1.62 bits per heavy atom. The fourth-order valence-corrected chi connectivity index (χ4v) is 5.18. The molecule has 1 amide bonds. The molecule has 1 aliphatic rings. The molecule has 1 atom stereocenters. The van der Waals surface area contributed by atoms with Gasteiger partial charge in [0.15, 0.2) is 11.5 Å². The van der Waals surface area contributed by atoms with E-state index in [2.05, 4.69) is 5.32 Å². The van der Waals surface area contributed by atoms with E-state index < -0.39 is 10.0 Å². The van der Waals surface area contributed by atoms with E-state index in [0.717, 1.165) is 12.0 Å². The molecule has 1 heterocycles. The van der Waals surface area contributed by atoms with Crippen LogP contribution >= 0.6 is 0 Å². The van der Waals surface area contributed by atoms with Crippen LogP contribution in [0.5, 0.6) is 11.5 Å². The minimum atomic E-state index is -3.56. The lowest BCUT2D eigenvalue weighted by molar-refractivity contribution is 0.0925.